The fraction of sp³-hybridized carbons (Fsp3) is 0.409. The second-order valence-corrected chi connectivity index (χ2v) is 7.32. The van der Waals surface area contributed by atoms with Crippen LogP contribution in [0.4, 0.5) is 13.6 Å². The van der Waals surface area contributed by atoms with Crippen molar-refractivity contribution in [2.75, 3.05) is 19.7 Å². The Morgan fingerprint density at radius 1 is 1.21 bits per heavy atom. The molecule has 0 radical (unpaired) electrons. The standard InChI is InChI=1S/C22H26F2N2O3/c1-15(2)29-14-17-5-3-4-16(10-17)12-25-22(27)26-8-9-28-21(13-26)18-6-7-19(23)20(24)11-18/h3-7,10-11,15,21H,8-9,12-14H2,1-2H3,(H,25,27). The average Bonchev–Trinajstić information content (AvgIpc) is 2.73. The molecular weight excluding hydrogens is 378 g/mol. The lowest BCUT2D eigenvalue weighted by atomic mass is 10.1. The van der Waals surface area contributed by atoms with Gasteiger partial charge in [0.25, 0.3) is 0 Å². The third kappa shape index (κ3) is 5.98. The Balaban J connectivity index is 1.55. The second kappa shape index (κ2) is 9.80. The van der Waals surface area contributed by atoms with Gasteiger partial charge in [0, 0.05) is 13.1 Å². The van der Waals surface area contributed by atoms with Crippen LogP contribution in [0, 0.1) is 11.6 Å². The van der Waals surface area contributed by atoms with Gasteiger partial charge >= 0.3 is 6.03 Å². The number of rotatable bonds is 6. The molecule has 1 fully saturated rings. The summed E-state index contributed by atoms with van der Waals surface area (Å²) in [5, 5.41) is 2.91. The van der Waals surface area contributed by atoms with Crippen LogP contribution in [0.1, 0.15) is 36.6 Å². The quantitative estimate of drug-likeness (QED) is 0.786. The minimum absolute atomic E-state index is 0.155. The summed E-state index contributed by atoms with van der Waals surface area (Å²) in [6, 6.07) is 11.3. The van der Waals surface area contributed by atoms with E-state index in [0.717, 1.165) is 23.3 Å². The van der Waals surface area contributed by atoms with E-state index in [1.54, 1.807) is 4.90 Å². The SMILES string of the molecule is CC(C)OCc1cccc(CNC(=O)N2CCOC(c3ccc(F)c(F)c3)C2)c1. The van der Waals surface area contributed by atoms with Crippen LogP contribution in [-0.4, -0.2) is 36.7 Å². The molecule has 0 spiro atoms. The van der Waals surface area contributed by atoms with Crippen LogP contribution in [0.3, 0.4) is 0 Å². The number of morpholine rings is 1. The third-order valence-electron chi connectivity index (χ3n) is 4.69. The fourth-order valence-corrected chi connectivity index (χ4v) is 3.13. The van der Waals surface area contributed by atoms with Crippen molar-refractivity contribution in [3.63, 3.8) is 0 Å². The second-order valence-electron chi connectivity index (χ2n) is 7.32. The molecule has 1 atom stereocenters. The van der Waals surface area contributed by atoms with Gasteiger partial charge in [-0.15, -0.1) is 0 Å². The van der Waals surface area contributed by atoms with Gasteiger partial charge in [-0.1, -0.05) is 30.3 Å². The lowest BCUT2D eigenvalue weighted by Crippen LogP contribution is -2.47. The molecule has 0 saturated carbocycles. The van der Waals surface area contributed by atoms with Crippen molar-refractivity contribution in [3.05, 3.63) is 70.8 Å². The maximum absolute atomic E-state index is 13.5. The van der Waals surface area contributed by atoms with Gasteiger partial charge in [0.05, 0.1) is 25.9 Å². The highest BCUT2D eigenvalue weighted by atomic mass is 19.2. The Hall–Kier alpha value is -2.51. The Kier molecular flexibility index (Phi) is 7.17. The van der Waals surface area contributed by atoms with Gasteiger partial charge in [-0.3, -0.25) is 0 Å². The zero-order chi connectivity index (χ0) is 20.8. The summed E-state index contributed by atoms with van der Waals surface area (Å²) in [5.74, 6) is -1.82. The Morgan fingerprint density at radius 3 is 2.76 bits per heavy atom. The molecule has 29 heavy (non-hydrogen) atoms. The van der Waals surface area contributed by atoms with Crippen LogP contribution in [-0.2, 0) is 22.6 Å². The molecule has 1 unspecified atom stereocenters. The fourth-order valence-electron chi connectivity index (χ4n) is 3.13. The highest BCUT2D eigenvalue weighted by Crippen LogP contribution is 2.24. The minimum atomic E-state index is -0.922. The van der Waals surface area contributed by atoms with Crippen molar-refractivity contribution < 1.29 is 23.0 Å². The van der Waals surface area contributed by atoms with E-state index in [9.17, 15) is 13.6 Å². The van der Waals surface area contributed by atoms with Gasteiger partial charge in [-0.05, 0) is 42.7 Å². The molecule has 3 rings (SSSR count). The van der Waals surface area contributed by atoms with Crippen molar-refractivity contribution in [2.24, 2.45) is 0 Å². The van der Waals surface area contributed by atoms with E-state index in [4.69, 9.17) is 9.47 Å². The molecule has 1 aliphatic heterocycles. The van der Waals surface area contributed by atoms with Gasteiger partial charge in [-0.25, -0.2) is 13.6 Å². The van der Waals surface area contributed by atoms with Crippen molar-refractivity contribution in [1.82, 2.24) is 10.2 Å². The molecule has 1 saturated heterocycles. The van der Waals surface area contributed by atoms with Crippen molar-refractivity contribution in [2.45, 2.75) is 39.2 Å². The number of hydrogen-bond acceptors (Lipinski definition) is 3. The number of halogens is 2. The number of carbonyl (C=O) groups is 1. The third-order valence-corrected chi connectivity index (χ3v) is 4.69. The lowest BCUT2D eigenvalue weighted by Gasteiger charge is -2.33. The maximum atomic E-state index is 13.5. The van der Waals surface area contributed by atoms with E-state index in [2.05, 4.69) is 5.32 Å². The molecule has 2 aromatic rings. The maximum Gasteiger partial charge on any atom is 0.317 e. The first-order chi connectivity index (χ1) is 13.9. The number of amides is 2. The summed E-state index contributed by atoms with van der Waals surface area (Å²) in [6.07, 6.45) is -0.330. The molecule has 2 aromatic carbocycles. The monoisotopic (exact) mass is 404 g/mol. The van der Waals surface area contributed by atoms with Crippen LogP contribution < -0.4 is 5.32 Å². The number of benzene rings is 2. The molecular formula is C22H26F2N2O3. The Morgan fingerprint density at radius 2 is 2.00 bits per heavy atom. The lowest BCUT2D eigenvalue weighted by molar-refractivity contribution is -0.0156. The van der Waals surface area contributed by atoms with Gasteiger partial charge in [0.15, 0.2) is 11.6 Å². The first-order valence-electron chi connectivity index (χ1n) is 9.71. The predicted molar refractivity (Wildman–Crippen MR) is 105 cm³/mol. The number of nitrogens with zero attached hydrogens (tertiary/aromatic N) is 1. The van der Waals surface area contributed by atoms with Gasteiger partial charge in [0.2, 0.25) is 0 Å². The minimum Gasteiger partial charge on any atom is -0.374 e. The zero-order valence-corrected chi connectivity index (χ0v) is 16.7. The van der Waals surface area contributed by atoms with Crippen LogP contribution >= 0.6 is 0 Å². The van der Waals surface area contributed by atoms with Crippen molar-refractivity contribution in [3.8, 4) is 0 Å². The molecule has 156 valence electrons. The molecule has 0 bridgehead atoms. The van der Waals surface area contributed by atoms with Crippen LogP contribution in [0.25, 0.3) is 0 Å². The highest BCUT2D eigenvalue weighted by molar-refractivity contribution is 5.74. The van der Waals surface area contributed by atoms with Gasteiger partial charge in [-0.2, -0.15) is 0 Å². The summed E-state index contributed by atoms with van der Waals surface area (Å²) in [6.45, 7) is 5.94. The number of hydrogen-bond donors (Lipinski definition) is 1. The van der Waals surface area contributed by atoms with Crippen LogP contribution in [0.2, 0.25) is 0 Å². The number of nitrogens with one attached hydrogen (secondary N) is 1. The van der Waals surface area contributed by atoms with Crippen molar-refractivity contribution in [1.29, 1.82) is 0 Å². The average molecular weight is 404 g/mol. The predicted octanol–water partition coefficient (Wildman–Crippen LogP) is 4.17. The van der Waals surface area contributed by atoms with Gasteiger partial charge in [0.1, 0.15) is 6.10 Å². The molecule has 0 aliphatic carbocycles. The van der Waals surface area contributed by atoms with E-state index in [0.29, 0.717) is 31.9 Å². The molecule has 2 amide bonds. The van der Waals surface area contributed by atoms with Crippen LogP contribution in [0.5, 0.6) is 0 Å². The first kappa shape index (κ1) is 21.2. The van der Waals surface area contributed by atoms with E-state index in [1.165, 1.54) is 6.07 Å². The Labute approximate surface area is 169 Å². The summed E-state index contributed by atoms with van der Waals surface area (Å²) in [7, 11) is 0. The molecule has 1 heterocycles. The zero-order valence-electron chi connectivity index (χ0n) is 16.7. The normalized spacial score (nSPS) is 16.9. The molecule has 7 heteroatoms. The van der Waals surface area contributed by atoms with Crippen molar-refractivity contribution >= 4 is 6.03 Å². The molecule has 5 nitrogen and oxygen atoms in total. The highest BCUT2D eigenvalue weighted by Gasteiger charge is 2.26. The number of urea groups is 1. The first-order valence-corrected chi connectivity index (χ1v) is 9.71. The topological polar surface area (TPSA) is 50.8 Å². The van der Waals surface area contributed by atoms with E-state index in [1.807, 2.05) is 38.1 Å². The van der Waals surface area contributed by atoms with Gasteiger partial charge < -0.3 is 19.7 Å². The van der Waals surface area contributed by atoms with E-state index < -0.39 is 17.7 Å². The molecule has 1 aliphatic rings. The number of ether oxygens (including phenoxy) is 2. The summed E-state index contributed by atoms with van der Waals surface area (Å²) >= 11 is 0. The summed E-state index contributed by atoms with van der Waals surface area (Å²) in [5.41, 5.74) is 2.54. The molecule has 0 aromatic heterocycles. The number of carbonyl (C=O) groups excluding carboxylic acids is 1. The van der Waals surface area contributed by atoms with E-state index >= 15 is 0 Å². The largest absolute Gasteiger partial charge is 0.374 e. The smallest absolute Gasteiger partial charge is 0.317 e. The van der Waals surface area contributed by atoms with Crippen LogP contribution in [0.15, 0.2) is 42.5 Å². The summed E-state index contributed by atoms with van der Waals surface area (Å²) < 4.78 is 37.9. The van der Waals surface area contributed by atoms with E-state index in [-0.39, 0.29) is 18.7 Å². The summed E-state index contributed by atoms with van der Waals surface area (Å²) in [4.78, 5) is 14.2. The molecule has 1 N–H and O–H groups in total. The Bertz CT molecular complexity index is 845.